The average molecular weight is 408 g/mol. The number of thiophene rings is 1. The summed E-state index contributed by atoms with van der Waals surface area (Å²) in [5.74, 6) is 1.28. The molecule has 0 fully saturated rings. The van der Waals surface area contributed by atoms with Gasteiger partial charge in [0.05, 0.1) is 35.3 Å². The molecule has 3 heterocycles. The number of H-pyrrole nitrogens is 1. The Morgan fingerprint density at radius 2 is 2.03 bits per heavy atom. The zero-order valence-electron chi connectivity index (χ0n) is 16.1. The van der Waals surface area contributed by atoms with Gasteiger partial charge in [0, 0.05) is 0 Å². The van der Waals surface area contributed by atoms with E-state index in [4.69, 9.17) is 19.9 Å². The van der Waals surface area contributed by atoms with Gasteiger partial charge in [-0.3, -0.25) is 5.10 Å². The lowest BCUT2D eigenvalue weighted by molar-refractivity contribution is 0.287. The van der Waals surface area contributed by atoms with Crippen LogP contribution in [0.15, 0.2) is 47.2 Å². The van der Waals surface area contributed by atoms with Gasteiger partial charge in [0.15, 0.2) is 11.5 Å². The quantitative estimate of drug-likeness (QED) is 0.634. The first-order valence-corrected chi connectivity index (χ1v) is 10.1. The lowest BCUT2D eigenvalue weighted by atomic mass is 9.83. The highest BCUT2D eigenvalue weighted by Gasteiger charge is 2.36. The maximum Gasteiger partial charge on any atom is 0.244 e. The van der Waals surface area contributed by atoms with Gasteiger partial charge in [-0.25, -0.2) is 0 Å². The summed E-state index contributed by atoms with van der Waals surface area (Å²) in [5, 5.41) is 19.2. The summed E-state index contributed by atoms with van der Waals surface area (Å²) in [4.78, 5) is 1.00. The fourth-order valence-corrected chi connectivity index (χ4v) is 4.17. The van der Waals surface area contributed by atoms with Crippen LogP contribution in [0.1, 0.15) is 30.9 Å². The molecule has 4 rings (SSSR count). The third-order valence-electron chi connectivity index (χ3n) is 4.61. The molecule has 8 heteroatoms. The SMILES string of the molecule is CCOc1ccc(C2C(C#N)=C(N)Oc3n[nH]c(-c4cccs4)c32)cc1OCC. The third-order valence-corrected chi connectivity index (χ3v) is 5.49. The Bertz CT molecular complexity index is 1100. The summed E-state index contributed by atoms with van der Waals surface area (Å²) in [6.45, 7) is 4.86. The standard InChI is InChI=1S/C21H20N4O3S/c1-3-26-14-8-7-12(10-15(14)27-4-2)17-13(11-22)20(23)28-21-18(17)19(24-25-21)16-6-5-9-29-16/h5-10,17H,3-4,23H2,1-2H3,(H,24,25). The largest absolute Gasteiger partial charge is 0.490 e. The molecule has 3 aromatic rings. The fourth-order valence-electron chi connectivity index (χ4n) is 3.43. The Labute approximate surface area is 172 Å². The molecule has 0 bridgehead atoms. The number of aromatic nitrogens is 2. The lowest BCUT2D eigenvalue weighted by Crippen LogP contribution is -2.21. The predicted molar refractivity (Wildman–Crippen MR) is 110 cm³/mol. The minimum atomic E-state index is -0.436. The highest BCUT2D eigenvalue weighted by Crippen LogP contribution is 2.47. The van der Waals surface area contributed by atoms with Crippen molar-refractivity contribution < 1.29 is 14.2 Å². The van der Waals surface area contributed by atoms with Crippen LogP contribution in [0.2, 0.25) is 0 Å². The van der Waals surface area contributed by atoms with Gasteiger partial charge in [-0.1, -0.05) is 12.1 Å². The maximum atomic E-state index is 9.84. The number of allylic oxidation sites excluding steroid dienone is 1. The second-order valence-electron chi connectivity index (χ2n) is 6.29. The van der Waals surface area contributed by atoms with Crippen LogP contribution in [0.4, 0.5) is 0 Å². The minimum absolute atomic E-state index is 0.0566. The molecule has 1 atom stereocenters. The molecule has 29 heavy (non-hydrogen) atoms. The summed E-state index contributed by atoms with van der Waals surface area (Å²) in [5.41, 5.74) is 8.84. The molecule has 2 aromatic heterocycles. The molecule has 0 spiro atoms. The number of hydrogen-bond acceptors (Lipinski definition) is 7. The van der Waals surface area contributed by atoms with Gasteiger partial charge in [-0.05, 0) is 43.0 Å². The van der Waals surface area contributed by atoms with Crippen LogP contribution >= 0.6 is 11.3 Å². The Hall–Kier alpha value is -3.44. The van der Waals surface area contributed by atoms with Crippen molar-refractivity contribution in [3.63, 3.8) is 0 Å². The number of nitrogens with zero attached hydrogens (tertiary/aromatic N) is 2. The average Bonchev–Trinajstić information content (AvgIpc) is 3.38. The van der Waals surface area contributed by atoms with E-state index in [-0.39, 0.29) is 5.88 Å². The van der Waals surface area contributed by atoms with E-state index in [1.54, 1.807) is 11.3 Å². The van der Waals surface area contributed by atoms with Crippen molar-refractivity contribution in [3.05, 3.63) is 58.3 Å². The van der Waals surface area contributed by atoms with Gasteiger partial charge < -0.3 is 19.9 Å². The highest BCUT2D eigenvalue weighted by molar-refractivity contribution is 7.13. The van der Waals surface area contributed by atoms with Gasteiger partial charge in [0.25, 0.3) is 0 Å². The second kappa shape index (κ2) is 7.89. The number of nitrogens with one attached hydrogen (secondary N) is 1. The van der Waals surface area contributed by atoms with Crippen molar-refractivity contribution in [1.29, 1.82) is 5.26 Å². The van der Waals surface area contributed by atoms with Crippen molar-refractivity contribution in [2.75, 3.05) is 13.2 Å². The van der Waals surface area contributed by atoms with Crippen molar-refractivity contribution in [3.8, 4) is 34.0 Å². The van der Waals surface area contributed by atoms with Crippen LogP contribution in [-0.2, 0) is 0 Å². The Morgan fingerprint density at radius 1 is 1.24 bits per heavy atom. The molecule has 7 nitrogen and oxygen atoms in total. The van der Waals surface area contributed by atoms with Crippen molar-refractivity contribution >= 4 is 11.3 Å². The minimum Gasteiger partial charge on any atom is -0.490 e. The number of nitrogens with two attached hydrogens (primary N) is 1. The van der Waals surface area contributed by atoms with E-state index in [0.717, 1.165) is 21.7 Å². The molecule has 0 saturated carbocycles. The normalized spacial score (nSPS) is 15.4. The zero-order chi connectivity index (χ0) is 20.4. The molecule has 1 unspecified atom stereocenters. The number of hydrogen-bond donors (Lipinski definition) is 2. The summed E-state index contributed by atoms with van der Waals surface area (Å²) >= 11 is 1.58. The van der Waals surface area contributed by atoms with Gasteiger partial charge in [-0.15, -0.1) is 16.4 Å². The van der Waals surface area contributed by atoms with Crippen LogP contribution in [0, 0.1) is 11.3 Å². The van der Waals surface area contributed by atoms with Gasteiger partial charge in [0.1, 0.15) is 11.6 Å². The number of fused-ring (bicyclic) bond motifs is 1. The fraction of sp³-hybridized carbons (Fsp3) is 0.238. The van der Waals surface area contributed by atoms with Crippen LogP contribution in [-0.4, -0.2) is 23.4 Å². The molecule has 1 aliphatic heterocycles. The van der Waals surface area contributed by atoms with Crippen LogP contribution in [0.5, 0.6) is 17.4 Å². The summed E-state index contributed by atoms with van der Waals surface area (Å²) in [6.07, 6.45) is 0. The van der Waals surface area contributed by atoms with E-state index < -0.39 is 5.92 Å². The van der Waals surface area contributed by atoms with Crippen molar-refractivity contribution in [2.45, 2.75) is 19.8 Å². The molecule has 0 radical (unpaired) electrons. The number of rotatable bonds is 6. The topological polar surface area (TPSA) is 106 Å². The molecular formula is C21H20N4O3S. The maximum absolute atomic E-state index is 9.84. The Kier molecular flexibility index (Phi) is 5.14. The molecular weight excluding hydrogens is 388 g/mol. The van der Waals surface area contributed by atoms with E-state index >= 15 is 0 Å². The van der Waals surface area contributed by atoms with Crippen LogP contribution in [0.25, 0.3) is 10.6 Å². The van der Waals surface area contributed by atoms with Gasteiger partial charge in [-0.2, -0.15) is 5.26 Å². The lowest BCUT2D eigenvalue weighted by Gasteiger charge is -2.24. The highest BCUT2D eigenvalue weighted by atomic mass is 32.1. The molecule has 0 aliphatic carbocycles. The van der Waals surface area contributed by atoms with Crippen LogP contribution in [0.3, 0.4) is 0 Å². The molecule has 1 aliphatic rings. The number of ether oxygens (including phenoxy) is 3. The molecule has 148 valence electrons. The second-order valence-corrected chi connectivity index (χ2v) is 7.24. The van der Waals surface area contributed by atoms with E-state index in [1.807, 2.05) is 49.6 Å². The molecule has 0 amide bonds. The van der Waals surface area contributed by atoms with Crippen molar-refractivity contribution in [1.82, 2.24) is 10.2 Å². The first-order chi connectivity index (χ1) is 14.2. The van der Waals surface area contributed by atoms with Gasteiger partial charge in [0.2, 0.25) is 11.8 Å². The first kappa shape index (κ1) is 18.9. The summed E-state index contributed by atoms with van der Waals surface area (Å²) in [6, 6.07) is 11.8. The van der Waals surface area contributed by atoms with Crippen molar-refractivity contribution in [2.24, 2.45) is 5.73 Å². The summed E-state index contributed by atoms with van der Waals surface area (Å²) in [7, 11) is 0. The first-order valence-electron chi connectivity index (χ1n) is 9.27. The van der Waals surface area contributed by atoms with Crippen LogP contribution < -0.4 is 19.9 Å². The molecule has 3 N–H and O–H groups in total. The van der Waals surface area contributed by atoms with E-state index in [1.165, 1.54) is 0 Å². The molecule has 0 saturated heterocycles. The zero-order valence-corrected chi connectivity index (χ0v) is 16.9. The Balaban J connectivity index is 1.90. The summed E-state index contributed by atoms with van der Waals surface area (Å²) < 4.78 is 17.1. The van der Waals surface area contributed by atoms with E-state index in [0.29, 0.717) is 36.2 Å². The van der Waals surface area contributed by atoms with Gasteiger partial charge >= 0.3 is 0 Å². The van der Waals surface area contributed by atoms with E-state index in [9.17, 15) is 5.26 Å². The third kappa shape index (κ3) is 3.30. The number of nitriles is 1. The predicted octanol–water partition coefficient (Wildman–Crippen LogP) is 4.15. The number of aromatic amines is 1. The monoisotopic (exact) mass is 408 g/mol. The van der Waals surface area contributed by atoms with E-state index in [2.05, 4.69) is 16.3 Å². The number of benzene rings is 1. The smallest absolute Gasteiger partial charge is 0.244 e. The molecule has 1 aromatic carbocycles. The Morgan fingerprint density at radius 3 is 2.72 bits per heavy atom.